The second-order valence-electron chi connectivity index (χ2n) is 7.62. The lowest BCUT2D eigenvalue weighted by molar-refractivity contribution is -0.145. The molecule has 0 aliphatic heterocycles. The first-order valence-corrected chi connectivity index (χ1v) is 10.9. The van der Waals surface area contributed by atoms with Crippen LogP contribution in [-0.4, -0.2) is 38.6 Å². The van der Waals surface area contributed by atoms with Crippen LogP contribution >= 0.6 is 0 Å². The quantitative estimate of drug-likeness (QED) is 0.603. The summed E-state index contributed by atoms with van der Waals surface area (Å²) >= 11 is 0. The van der Waals surface area contributed by atoms with E-state index in [-0.39, 0.29) is 5.04 Å². The van der Waals surface area contributed by atoms with Crippen LogP contribution < -0.4 is 15.4 Å². The number of hydrogen-bond donors (Lipinski definition) is 2. The van der Waals surface area contributed by atoms with Gasteiger partial charge in [0.2, 0.25) is 0 Å². The molecule has 0 unspecified atom stereocenters. The van der Waals surface area contributed by atoms with E-state index in [2.05, 4.69) is 50.0 Å². The lowest BCUT2D eigenvalue weighted by Crippen LogP contribution is -2.77. The van der Waals surface area contributed by atoms with E-state index in [1.807, 2.05) is 36.4 Å². The number of aliphatic hydroxyl groups excluding tert-OH is 1. The van der Waals surface area contributed by atoms with Gasteiger partial charge in [-0.15, -0.1) is 0 Å². The van der Waals surface area contributed by atoms with Crippen molar-refractivity contribution in [2.24, 2.45) is 0 Å². The number of rotatable bonds is 6. The predicted octanol–water partition coefficient (Wildman–Crippen LogP) is 2.06. The molecule has 26 heavy (non-hydrogen) atoms. The number of aliphatic hydroxyl groups is 1. The Morgan fingerprint density at radius 2 is 1.42 bits per heavy atom. The summed E-state index contributed by atoms with van der Waals surface area (Å²) in [5.41, 5.74) is 0. The summed E-state index contributed by atoms with van der Waals surface area (Å²) in [5, 5.41) is 12.4. The summed E-state index contributed by atoms with van der Waals surface area (Å²) in [6, 6.07) is 19.7. The maximum Gasteiger partial charge on any atom is 0.324 e. The van der Waals surface area contributed by atoms with E-state index in [1.54, 1.807) is 6.92 Å². The number of methoxy groups -OCH3 is 1. The van der Waals surface area contributed by atoms with Crippen LogP contribution in [-0.2, 0) is 9.53 Å². The van der Waals surface area contributed by atoms with Gasteiger partial charge in [0.05, 0.1) is 13.2 Å². The van der Waals surface area contributed by atoms with Gasteiger partial charge in [-0.25, -0.2) is 0 Å². The molecule has 0 radical (unpaired) electrons. The van der Waals surface area contributed by atoms with Gasteiger partial charge < -0.3 is 14.8 Å². The SMILES string of the molecule is COC(=O)[C@@H](N[Si](c1ccccc1)(c1ccccc1)C(C)(C)C)[C@H](C)O. The summed E-state index contributed by atoms with van der Waals surface area (Å²) in [7, 11) is -1.31. The summed E-state index contributed by atoms with van der Waals surface area (Å²) < 4.78 is 4.96. The van der Waals surface area contributed by atoms with Crippen molar-refractivity contribution in [1.82, 2.24) is 4.98 Å². The minimum Gasteiger partial charge on any atom is -0.468 e. The van der Waals surface area contributed by atoms with Gasteiger partial charge in [0.15, 0.2) is 8.24 Å². The van der Waals surface area contributed by atoms with Gasteiger partial charge in [-0.05, 0) is 22.3 Å². The highest BCUT2D eigenvalue weighted by Crippen LogP contribution is 2.34. The summed E-state index contributed by atoms with van der Waals surface area (Å²) in [5.74, 6) is -0.451. The van der Waals surface area contributed by atoms with E-state index in [0.29, 0.717) is 0 Å². The average molecular weight is 372 g/mol. The minimum atomic E-state index is -2.67. The molecule has 0 saturated carbocycles. The number of nitrogens with one attached hydrogen (secondary N) is 1. The van der Waals surface area contributed by atoms with Crippen LogP contribution in [0.25, 0.3) is 0 Å². The average Bonchev–Trinajstić information content (AvgIpc) is 2.62. The van der Waals surface area contributed by atoms with Crippen LogP contribution in [0.4, 0.5) is 0 Å². The lowest BCUT2D eigenvalue weighted by atomic mass is 10.2. The Kier molecular flexibility index (Phi) is 6.39. The molecule has 140 valence electrons. The van der Waals surface area contributed by atoms with Crippen LogP contribution in [0.3, 0.4) is 0 Å². The molecule has 2 atom stereocenters. The maximum absolute atomic E-state index is 12.4. The molecule has 0 amide bonds. The zero-order chi connectivity index (χ0) is 19.4. The van der Waals surface area contributed by atoms with Gasteiger partial charge in [-0.3, -0.25) is 4.79 Å². The smallest absolute Gasteiger partial charge is 0.324 e. The molecule has 0 fully saturated rings. The Morgan fingerprint density at radius 1 is 1.00 bits per heavy atom. The van der Waals surface area contributed by atoms with Crippen molar-refractivity contribution >= 4 is 24.6 Å². The van der Waals surface area contributed by atoms with E-state index in [1.165, 1.54) is 7.11 Å². The largest absolute Gasteiger partial charge is 0.468 e. The first kappa shape index (κ1) is 20.4. The van der Waals surface area contributed by atoms with Crippen LogP contribution in [0.2, 0.25) is 5.04 Å². The molecule has 0 saturated heterocycles. The molecule has 0 bridgehead atoms. The van der Waals surface area contributed by atoms with Gasteiger partial charge >= 0.3 is 5.97 Å². The normalized spacial score (nSPS) is 14.5. The molecule has 0 aliphatic rings. The molecule has 2 N–H and O–H groups in total. The highest BCUT2D eigenvalue weighted by atomic mass is 28.3. The van der Waals surface area contributed by atoms with E-state index in [9.17, 15) is 9.90 Å². The Balaban J connectivity index is 2.73. The minimum absolute atomic E-state index is 0.170. The third-order valence-corrected chi connectivity index (χ3v) is 10.2. The maximum atomic E-state index is 12.4. The Bertz CT molecular complexity index is 672. The number of ether oxygens (including phenoxy) is 1. The van der Waals surface area contributed by atoms with Crippen molar-refractivity contribution in [1.29, 1.82) is 0 Å². The summed E-state index contributed by atoms with van der Waals surface area (Å²) in [6.07, 6.45) is -0.871. The third-order valence-electron chi connectivity index (χ3n) is 4.85. The highest BCUT2D eigenvalue weighted by Gasteiger charge is 2.50. The van der Waals surface area contributed by atoms with Crippen LogP contribution in [0.1, 0.15) is 27.7 Å². The molecule has 4 nitrogen and oxygen atoms in total. The summed E-state index contributed by atoms with van der Waals surface area (Å²) in [4.78, 5) is 16.0. The zero-order valence-corrected chi connectivity index (χ0v) is 17.2. The van der Waals surface area contributed by atoms with Crippen molar-refractivity contribution < 1.29 is 14.6 Å². The van der Waals surface area contributed by atoms with Crippen LogP contribution in [0, 0.1) is 0 Å². The monoisotopic (exact) mass is 371 g/mol. The number of esters is 1. The van der Waals surface area contributed by atoms with Crippen molar-refractivity contribution in [2.75, 3.05) is 7.11 Å². The fourth-order valence-corrected chi connectivity index (χ4v) is 8.57. The van der Waals surface area contributed by atoms with E-state index < -0.39 is 26.4 Å². The molecule has 2 rings (SSSR count). The van der Waals surface area contributed by atoms with Gasteiger partial charge in [-0.1, -0.05) is 81.4 Å². The van der Waals surface area contributed by atoms with Gasteiger partial charge in [0, 0.05) is 0 Å². The second kappa shape index (κ2) is 8.16. The van der Waals surface area contributed by atoms with Gasteiger partial charge in [0.25, 0.3) is 0 Å². The Hall–Kier alpha value is -1.95. The van der Waals surface area contributed by atoms with Crippen LogP contribution in [0.5, 0.6) is 0 Å². The molecule has 0 aliphatic carbocycles. The first-order chi connectivity index (χ1) is 12.2. The predicted molar refractivity (Wildman–Crippen MR) is 108 cm³/mol. The van der Waals surface area contributed by atoms with Crippen molar-refractivity contribution in [3.8, 4) is 0 Å². The first-order valence-electron chi connectivity index (χ1n) is 8.88. The topological polar surface area (TPSA) is 58.6 Å². The molecule has 2 aromatic carbocycles. The highest BCUT2D eigenvalue weighted by molar-refractivity contribution is 7.02. The fourth-order valence-electron chi connectivity index (χ4n) is 3.53. The van der Waals surface area contributed by atoms with Crippen molar-refractivity contribution in [3.63, 3.8) is 0 Å². The van der Waals surface area contributed by atoms with Gasteiger partial charge in [-0.2, -0.15) is 0 Å². The van der Waals surface area contributed by atoms with Crippen molar-refractivity contribution in [2.45, 2.75) is 44.9 Å². The standard InChI is InChI=1S/C21H29NO3Si/c1-16(23)19(20(24)25-5)22-26(21(2,3)4,17-12-8-6-9-13-17)18-14-10-7-11-15-18/h6-16,19,22-23H,1-5H3/t16-,19-/m0/s1. The molecule has 0 aromatic heterocycles. The third kappa shape index (κ3) is 3.90. The Labute approximate surface area is 157 Å². The molecular weight excluding hydrogens is 342 g/mol. The fraction of sp³-hybridized carbons (Fsp3) is 0.381. The molecule has 0 heterocycles. The number of carbonyl (C=O) groups is 1. The van der Waals surface area contributed by atoms with E-state index >= 15 is 0 Å². The lowest BCUT2D eigenvalue weighted by Gasteiger charge is -2.46. The van der Waals surface area contributed by atoms with Crippen molar-refractivity contribution in [3.05, 3.63) is 60.7 Å². The molecule has 2 aromatic rings. The van der Waals surface area contributed by atoms with E-state index in [0.717, 1.165) is 10.4 Å². The number of hydrogen-bond acceptors (Lipinski definition) is 4. The second-order valence-corrected chi connectivity index (χ2v) is 12.1. The molecule has 0 spiro atoms. The van der Waals surface area contributed by atoms with E-state index in [4.69, 9.17) is 4.74 Å². The Morgan fingerprint density at radius 3 is 1.73 bits per heavy atom. The summed E-state index contributed by atoms with van der Waals surface area (Å²) in [6.45, 7) is 8.17. The molecule has 5 heteroatoms. The number of benzene rings is 2. The van der Waals surface area contributed by atoms with Gasteiger partial charge in [0.1, 0.15) is 6.04 Å². The zero-order valence-electron chi connectivity index (χ0n) is 16.2. The van der Waals surface area contributed by atoms with Crippen LogP contribution in [0.15, 0.2) is 60.7 Å². The number of carbonyl (C=O) groups excluding carboxylic acids is 1. The molecular formula is C21H29NO3Si.